The molecule has 22 heavy (non-hydrogen) atoms. The fraction of sp³-hybridized carbons (Fsp3) is 0.176. The summed E-state index contributed by atoms with van der Waals surface area (Å²) in [5, 5.41) is 17.6. The minimum atomic E-state index is -0.371. The van der Waals surface area contributed by atoms with Gasteiger partial charge in [0.1, 0.15) is 17.2 Å². The molecule has 1 aromatic heterocycles. The molecule has 0 radical (unpaired) electrons. The molecular formula is C17H16FN3O. The Bertz CT molecular complexity index is 827. The summed E-state index contributed by atoms with van der Waals surface area (Å²) in [6.07, 6.45) is 0. The van der Waals surface area contributed by atoms with E-state index in [2.05, 4.69) is 10.3 Å². The van der Waals surface area contributed by atoms with E-state index < -0.39 is 0 Å². The predicted molar refractivity (Wildman–Crippen MR) is 82.1 cm³/mol. The molecule has 0 aliphatic heterocycles. The third-order valence-electron chi connectivity index (χ3n) is 3.75. The average molecular weight is 297 g/mol. The van der Waals surface area contributed by atoms with E-state index >= 15 is 0 Å². The number of nitrogens with zero attached hydrogens (tertiary/aromatic N) is 3. The summed E-state index contributed by atoms with van der Waals surface area (Å²) in [6.45, 7) is 3.73. The van der Waals surface area contributed by atoms with Gasteiger partial charge >= 0.3 is 0 Å². The fourth-order valence-corrected chi connectivity index (χ4v) is 2.38. The van der Waals surface area contributed by atoms with E-state index in [4.69, 9.17) is 0 Å². The first-order valence-corrected chi connectivity index (χ1v) is 6.99. The van der Waals surface area contributed by atoms with Gasteiger partial charge in [-0.15, -0.1) is 5.10 Å². The van der Waals surface area contributed by atoms with Gasteiger partial charge in [0.2, 0.25) is 0 Å². The van der Waals surface area contributed by atoms with Crippen LogP contribution in [0.4, 0.5) is 4.39 Å². The quantitative estimate of drug-likeness (QED) is 0.808. The van der Waals surface area contributed by atoms with Crippen molar-refractivity contribution in [2.75, 3.05) is 0 Å². The van der Waals surface area contributed by atoms with Crippen LogP contribution in [0.5, 0.6) is 0 Å². The summed E-state index contributed by atoms with van der Waals surface area (Å²) in [6, 6.07) is 12.3. The molecule has 0 unspecified atom stereocenters. The van der Waals surface area contributed by atoms with Crippen LogP contribution in [0.15, 0.2) is 42.5 Å². The van der Waals surface area contributed by atoms with Gasteiger partial charge in [-0.1, -0.05) is 23.4 Å². The van der Waals surface area contributed by atoms with E-state index in [0.717, 1.165) is 11.3 Å². The Morgan fingerprint density at radius 3 is 2.55 bits per heavy atom. The van der Waals surface area contributed by atoms with E-state index in [1.54, 1.807) is 22.9 Å². The number of benzene rings is 2. The number of aliphatic hydroxyl groups is 1. The van der Waals surface area contributed by atoms with E-state index in [-0.39, 0.29) is 12.4 Å². The van der Waals surface area contributed by atoms with Crippen molar-refractivity contribution in [3.63, 3.8) is 0 Å². The summed E-state index contributed by atoms with van der Waals surface area (Å²) < 4.78 is 15.7. The summed E-state index contributed by atoms with van der Waals surface area (Å²) in [5.74, 6) is -0.371. The number of aromatic nitrogens is 3. The van der Waals surface area contributed by atoms with Crippen LogP contribution < -0.4 is 0 Å². The maximum atomic E-state index is 14.2. The molecule has 0 fully saturated rings. The highest BCUT2D eigenvalue weighted by Crippen LogP contribution is 2.28. The molecule has 0 saturated heterocycles. The lowest BCUT2D eigenvalue weighted by atomic mass is 10.1. The molecule has 1 N–H and O–H groups in total. The molecule has 0 saturated carbocycles. The minimum Gasteiger partial charge on any atom is -0.390 e. The molecule has 0 spiro atoms. The van der Waals surface area contributed by atoms with E-state index in [9.17, 15) is 9.50 Å². The molecule has 5 heteroatoms. The van der Waals surface area contributed by atoms with Crippen LogP contribution in [0.2, 0.25) is 0 Å². The maximum absolute atomic E-state index is 14.2. The first kappa shape index (κ1) is 14.4. The first-order chi connectivity index (χ1) is 10.6. The lowest BCUT2D eigenvalue weighted by molar-refractivity contribution is 0.277. The second kappa shape index (κ2) is 5.69. The lowest BCUT2D eigenvalue weighted by Crippen LogP contribution is -2.02. The third-order valence-corrected chi connectivity index (χ3v) is 3.75. The molecule has 3 rings (SSSR count). The van der Waals surface area contributed by atoms with Gasteiger partial charge in [-0.25, -0.2) is 9.07 Å². The summed E-state index contributed by atoms with van der Waals surface area (Å²) in [7, 11) is 0. The highest BCUT2D eigenvalue weighted by Gasteiger charge is 2.18. The van der Waals surface area contributed by atoms with Gasteiger partial charge in [-0.05, 0) is 49.2 Å². The van der Waals surface area contributed by atoms with Gasteiger partial charge in [-0.3, -0.25) is 0 Å². The molecule has 0 aliphatic rings. The summed E-state index contributed by atoms with van der Waals surface area (Å²) >= 11 is 0. The monoisotopic (exact) mass is 297 g/mol. The molecule has 1 heterocycles. The molecule has 0 bridgehead atoms. The summed E-state index contributed by atoms with van der Waals surface area (Å²) in [4.78, 5) is 0. The van der Waals surface area contributed by atoms with Gasteiger partial charge in [0.25, 0.3) is 0 Å². The van der Waals surface area contributed by atoms with Crippen LogP contribution >= 0.6 is 0 Å². The van der Waals surface area contributed by atoms with Crippen LogP contribution in [0.25, 0.3) is 16.9 Å². The van der Waals surface area contributed by atoms with Crippen molar-refractivity contribution in [1.82, 2.24) is 15.0 Å². The molecule has 0 amide bonds. The van der Waals surface area contributed by atoms with Crippen molar-refractivity contribution < 1.29 is 9.50 Å². The highest BCUT2D eigenvalue weighted by atomic mass is 19.1. The lowest BCUT2D eigenvalue weighted by Gasteiger charge is -2.10. The zero-order valence-electron chi connectivity index (χ0n) is 12.4. The van der Waals surface area contributed by atoms with Gasteiger partial charge in [0, 0.05) is 5.56 Å². The van der Waals surface area contributed by atoms with Crippen molar-refractivity contribution in [2.24, 2.45) is 0 Å². The number of halogens is 1. The zero-order chi connectivity index (χ0) is 15.7. The van der Waals surface area contributed by atoms with Crippen molar-refractivity contribution in [3.8, 4) is 16.9 Å². The van der Waals surface area contributed by atoms with Gasteiger partial charge in [-0.2, -0.15) is 0 Å². The number of aryl methyl sites for hydroxylation is 2. The number of aliphatic hydroxyl groups excluding tert-OH is 1. The normalized spacial score (nSPS) is 10.9. The standard InChI is InChI=1S/C17H16FN3O/c1-11-7-8-13(9-12(11)2)21-17(16(10-22)19-20-21)14-5-3-4-6-15(14)18/h3-9,22H,10H2,1-2H3. The van der Waals surface area contributed by atoms with Gasteiger partial charge in [0.05, 0.1) is 12.3 Å². The number of hydrogen-bond acceptors (Lipinski definition) is 3. The molecule has 112 valence electrons. The van der Waals surface area contributed by atoms with Gasteiger partial charge in [0.15, 0.2) is 0 Å². The van der Waals surface area contributed by atoms with E-state index in [0.29, 0.717) is 17.0 Å². The smallest absolute Gasteiger partial charge is 0.132 e. The number of rotatable bonds is 3. The van der Waals surface area contributed by atoms with Crippen LogP contribution in [-0.2, 0) is 6.61 Å². The number of hydrogen-bond donors (Lipinski definition) is 1. The Hall–Kier alpha value is -2.53. The molecular weight excluding hydrogens is 281 g/mol. The SMILES string of the molecule is Cc1ccc(-n2nnc(CO)c2-c2ccccc2F)cc1C. The maximum Gasteiger partial charge on any atom is 0.132 e. The fourth-order valence-electron chi connectivity index (χ4n) is 2.38. The zero-order valence-corrected chi connectivity index (χ0v) is 12.4. The molecule has 4 nitrogen and oxygen atoms in total. The minimum absolute atomic E-state index is 0.297. The van der Waals surface area contributed by atoms with Crippen LogP contribution in [-0.4, -0.2) is 20.1 Å². The molecule has 0 aliphatic carbocycles. The van der Waals surface area contributed by atoms with Gasteiger partial charge < -0.3 is 5.11 Å². The van der Waals surface area contributed by atoms with Crippen LogP contribution in [0.3, 0.4) is 0 Å². The Balaban J connectivity index is 2.24. The Morgan fingerprint density at radius 2 is 1.86 bits per heavy atom. The highest BCUT2D eigenvalue weighted by molar-refractivity contribution is 5.65. The Labute approximate surface area is 127 Å². The van der Waals surface area contributed by atoms with Crippen molar-refractivity contribution >= 4 is 0 Å². The Kier molecular flexibility index (Phi) is 3.73. The van der Waals surface area contributed by atoms with Crippen LogP contribution in [0, 0.1) is 19.7 Å². The van der Waals surface area contributed by atoms with E-state index in [1.165, 1.54) is 11.6 Å². The van der Waals surface area contributed by atoms with E-state index in [1.807, 2.05) is 32.0 Å². The Morgan fingerprint density at radius 1 is 1.09 bits per heavy atom. The molecule has 2 aromatic carbocycles. The molecule has 0 atom stereocenters. The second-order valence-electron chi connectivity index (χ2n) is 5.20. The topological polar surface area (TPSA) is 50.9 Å². The second-order valence-corrected chi connectivity index (χ2v) is 5.20. The summed E-state index contributed by atoms with van der Waals surface area (Å²) in [5.41, 5.74) is 4.26. The average Bonchev–Trinajstić information content (AvgIpc) is 2.94. The van der Waals surface area contributed by atoms with Crippen molar-refractivity contribution in [3.05, 3.63) is 65.1 Å². The third kappa shape index (κ3) is 2.40. The molecule has 3 aromatic rings. The predicted octanol–water partition coefficient (Wildman–Crippen LogP) is 3.18. The first-order valence-electron chi connectivity index (χ1n) is 6.99. The van der Waals surface area contributed by atoms with Crippen molar-refractivity contribution in [1.29, 1.82) is 0 Å². The van der Waals surface area contributed by atoms with Crippen molar-refractivity contribution in [2.45, 2.75) is 20.5 Å². The largest absolute Gasteiger partial charge is 0.390 e. The van der Waals surface area contributed by atoms with Crippen LogP contribution in [0.1, 0.15) is 16.8 Å².